The number of aryl methyl sites for hydroxylation is 1. The highest BCUT2D eigenvalue weighted by atomic mass is 79.9. The predicted octanol–water partition coefficient (Wildman–Crippen LogP) is 4.43. The maximum atomic E-state index is 11.6. The van der Waals surface area contributed by atoms with Crippen molar-refractivity contribution in [2.24, 2.45) is 0 Å². The number of thioether (sulfide) groups is 1. The molecule has 1 N–H and O–H groups in total. The molecule has 1 aromatic heterocycles. The van der Waals surface area contributed by atoms with Crippen LogP contribution in [0, 0.1) is 0 Å². The molecule has 20 heavy (non-hydrogen) atoms. The van der Waals surface area contributed by atoms with Gasteiger partial charge in [-0.25, -0.2) is 4.98 Å². The number of hydrogen-bond acceptors (Lipinski definition) is 3. The van der Waals surface area contributed by atoms with Crippen LogP contribution in [0.3, 0.4) is 0 Å². The molecule has 0 aliphatic carbocycles. The van der Waals surface area contributed by atoms with Crippen LogP contribution in [0.2, 0.25) is 5.02 Å². The molecule has 6 heteroatoms. The number of halogens is 2. The van der Waals surface area contributed by atoms with E-state index in [1.165, 1.54) is 11.8 Å². The van der Waals surface area contributed by atoms with E-state index in [2.05, 4.69) is 32.8 Å². The Bertz CT molecular complexity index is 660. The summed E-state index contributed by atoms with van der Waals surface area (Å²) in [6.45, 7) is 2.07. The molecular weight excluding hydrogens is 360 g/mol. The average molecular weight is 374 g/mol. The van der Waals surface area contributed by atoms with E-state index < -0.39 is 0 Å². The Labute approximate surface area is 135 Å². The average Bonchev–Trinajstić information content (AvgIpc) is 2.37. The van der Waals surface area contributed by atoms with E-state index in [9.17, 15) is 4.79 Å². The molecule has 0 saturated heterocycles. The summed E-state index contributed by atoms with van der Waals surface area (Å²) in [5.74, 6) is 0.671. The fourth-order valence-corrected chi connectivity index (χ4v) is 3.44. The lowest BCUT2D eigenvalue weighted by Gasteiger charge is -2.05. The molecule has 0 bridgehead atoms. The number of aromatic amines is 1. The smallest absolute Gasteiger partial charge is 0.251 e. The molecule has 0 aliphatic heterocycles. The minimum atomic E-state index is -0.104. The Balaban J connectivity index is 2.12. The van der Waals surface area contributed by atoms with Crippen molar-refractivity contribution >= 4 is 39.3 Å². The lowest BCUT2D eigenvalue weighted by molar-refractivity contribution is 0.816. The van der Waals surface area contributed by atoms with Gasteiger partial charge in [0.15, 0.2) is 5.16 Å². The molecule has 0 spiro atoms. The van der Waals surface area contributed by atoms with Gasteiger partial charge in [-0.2, -0.15) is 0 Å². The second kappa shape index (κ2) is 7.29. The molecule has 0 amide bonds. The van der Waals surface area contributed by atoms with Crippen molar-refractivity contribution < 1.29 is 0 Å². The van der Waals surface area contributed by atoms with E-state index in [-0.39, 0.29) is 5.56 Å². The SMILES string of the molecule is CCCc1cc(=O)[nH]c(SCc2ccc(Br)cc2Cl)n1. The summed E-state index contributed by atoms with van der Waals surface area (Å²) >= 11 is 11.0. The lowest BCUT2D eigenvalue weighted by atomic mass is 10.2. The van der Waals surface area contributed by atoms with Gasteiger partial charge in [-0.1, -0.05) is 58.7 Å². The van der Waals surface area contributed by atoms with E-state index in [1.807, 2.05) is 18.2 Å². The number of nitrogens with zero attached hydrogens (tertiary/aromatic N) is 1. The zero-order valence-corrected chi connectivity index (χ0v) is 14.1. The van der Waals surface area contributed by atoms with Crippen LogP contribution in [0.1, 0.15) is 24.6 Å². The van der Waals surface area contributed by atoms with E-state index in [4.69, 9.17) is 11.6 Å². The van der Waals surface area contributed by atoms with Crippen LogP contribution in [0.25, 0.3) is 0 Å². The van der Waals surface area contributed by atoms with Crippen molar-refractivity contribution in [2.45, 2.75) is 30.7 Å². The first-order chi connectivity index (χ1) is 9.58. The first-order valence-electron chi connectivity index (χ1n) is 6.25. The van der Waals surface area contributed by atoms with Gasteiger partial charge in [-0.05, 0) is 24.1 Å². The number of benzene rings is 1. The van der Waals surface area contributed by atoms with Gasteiger partial charge in [0.25, 0.3) is 5.56 Å². The Morgan fingerprint density at radius 1 is 1.40 bits per heavy atom. The monoisotopic (exact) mass is 372 g/mol. The van der Waals surface area contributed by atoms with Crippen LogP contribution in [0.5, 0.6) is 0 Å². The standard InChI is InChI=1S/C14H14BrClN2OS/c1-2-3-11-7-13(19)18-14(17-11)20-8-9-4-5-10(15)6-12(9)16/h4-7H,2-3,8H2,1H3,(H,17,18,19). The van der Waals surface area contributed by atoms with Gasteiger partial charge >= 0.3 is 0 Å². The largest absolute Gasteiger partial charge is 0.301 e. The van der Waals surface area contributed by atoms with Crippen molar-refractivity contribution in [3.05, 3.63) is 55.4 Å². The minimum absolute atomic E-state index is 0.104. The quantitative estimate of drug-likeness (QED) is 0.623. The van der Waals surface area contributed by atoms with E-state index in [1.54, 1.807) is 6.07 Å². The lowest BCUT2D eigenvalue weighted by Crippen LogP contribution is -2.09. The van der Waals surface area contributed by atoms with Crippen molar-refractivity contribution in [3.63, 3.8) is 0 Å². The summed E-state index contributed by atoms with van der Waals surface area (Å²) in [5, 5.41) is 1.35. The van der Waals surface area contributed by atoms with Crippen LogP contribution in [-0.2, 0) is 12.2 Å². The van der Waals surface area contributed by atoms with Crippen molar-refractivity contribution in [3.8, 4) is 0 Å². The van der Waals surface area contributed by atoms with Gasteiger partial charge in [-0.3, -0.25) is 4.79 Å². The normalized spacial score (nSPS) is 10.8. The van der Waals surface area contributed by atoms with Crippen LogP contribution in [0.15, 0.2) is 38.7 Å². The molecule has 1 aromatic carbocycles. The molecule has 1 heterocycles. The summed E-state index contributed by atoms with van der Waals surface area (Å²) < 4.78 is 0.952. The topological polar surface area (TPSA) is 45.8 Å². The van der Waals surface area contributed by atoms with Gasteiger partial charge < -0.3 is 4.98 Å². The Hall–Kier alpha value is -0.780. The number of rotatable bonds is 5. The van der Waals surface area contributed by atoms with Gasteiger partial charge in [-0.15, -0.1) is 0 Å². The van der Waals surface area contributed by atoms with Crippen LogP contribution in [-0.4, -0.2) is 9.97 Å². The molecule has 0 atom stereocenters. The van der Waals surface area contributed by atoms with E-state index in [0.29, 0.717) is 15.9 Å². The second-order valence-corrected chi connectivity index (χ2v) is 6.60. The fourth-order valence-electron chi connectivity index (χ4n) is 1.72. The Morgan fingerprint density at radius 3 is 2.90 bits per heavy atom. The van der Waals surface area contributed by atoms with E-state index >= 15 is 0 Å². The third-order valence-electron chi connectivity index (χ3n) is 2.66. The number of hydrogen-bond donors (Lipinski definition) is 1. The summed E-state index contributed by atoms with van der Waals surface area (Å²) in [6.07, 6.45) is 1.79. The molecule has 0 fully saturated rings. The van der Waals surface area contributed by atoms with Gasteiger partial charge in [0.05, 0.1) is 0 Å². The molecule has 0 radical (unpaired) electrons. The van der Waals surface area contributed by atoms with Crippen molar-refractivity contribution in [2.75, 3.05) is 0 Å². The Morgan fingerprint density at radius 2 is 2.20 bits per heavy atom. The molecule has 0 saturated carbocycles. The number of nitrogens with one attached hydrogen (secondary N) is 1. The summed E-state index contributed by atoms with van der Waals surface area (Å²) in [6, 6.07) is 7.33. The first-order valence-corrected chi connectivity index (χ1v) is 8.41. The van der Waals surface area contributed by atoms with Gasteiger partial charge in [0, 0.05) is 27.0 Å². The van der Waals surface area contributed by atoms with Crippen LogP contribution in [0.4, 0.5) is 0 Å². The van der Waals surface area contributed by atoms with Crippen molar-refractivity contribution in [1.29, 1.82) is 0 Å². The maximum Gasteiger partial charge on any atom is 0.251 e. The molecule has 2 aromatic rings. The van der Waals surface area contributed by atoms with E-state index in [0.717, 1.165) is 28.6 Å². The minimum Gasteiger partial charge on any atom is -0.301 e. The highest BCUT2D eigenvalue weighted by molar-refractivity contribution is 9.10. The molecule has 3 nitrogen and oxygen atoms in total. The van der Waals surface area contributed by atoms with Crippen LogP contribution < -0.4 is 5.56 Å². The Kier molecular flexibility index (Phi) is 5.69. The molecule has 0 aliphatic rings. The summed E-state index contributed by atoms with van der Waals surface area (Å²) in [4.78, 5) is 18.8. The fraction of sp³-hybridized carbons (Fsp3) is 0.286. The zero-order chi connectivity index (χ0) is 14.5. The maximum absolute atomic E-state index is 11.6. The zero-order valence-electron chi connectivity index (χ0n) is 11.0. The van der Waals surface area contributed by atoms with Gasteiger partial charge in [0.2, 0.25) is 0 Å². The molecule has 0 unspecified atom stereocenters. The molecular formula is C14H14BrClN2OS. The van der Waals surface area contributed by atoms with Crippen molar-refractivity contribution in [1.82, 2.24) is 9.97 Å². The third-order valence-corrected chi connectivity index (χ3v) is 4.43. The van der Waals surface area contributed by atoms with Crippen LogP contribution >= 0.6 is 39.3 Å². The summed E-state index contributed by atoms with van der Waals surface area (Å²) in [7, 11) is 0. The predicted molar refractivity (Wildman–Crippen MR) is 87.6 cm³/mol. The molecule has 106 valence electrons. The third kappa shape index (κ3) is 4.36. The highest BCUT2D eigenvalue weighted by Crippen LogP contribution is 2.26. The highest BCUT2D eigenvalue weighted by Gasteiger charge is 2.05. The first kappa shape index (κ1) is 15.6. The molecule has 2 rings (SSSR count). The summed E-state index contributed by atoms with van der Waals surface area (Å²) in [5.41, 5.74) is 1.75. The second-order valence-electron chi connectivity index (χ2n) is 4.32. The number of aromatic nitrogens is 2. The van der Waals surface area contributed by atoms with Gasteiger partial charge in [0.1, 0.15) is 0 Å². The number of H-pyrrole nitrogens is 1.